The van der Waals surface area contributed by atoms with Crippen molar-refractivity contribution < 1.29 is 36.2 Å². The smallest absolute Gasteiger partial charge is 0.416 e. The topological polar surface area (TPSA) is 76.1 Å². The molecular weight excluding hydrogens is 471 g/mol. The number of halogens is 3. The molecular formula is C24H28F3NO5S. The van der Waals surface area contributed by atoms with E-state index >= 15 is 0 Å². The van der Waals surface area contributed by atoms with Crippen molar-refractivity contribution in [2.75, 3.05) is 24.1 Å². The molecule has 1 atom stereocenters. The quantitative estimate of drug-likeness (QED) is 0.632. The van der Waals surface area contributed by atoms with E-state index < -0.39 is 34.4 Å². The van der Waals surface area contributed by atoms with E-state index in [9.17, 15) is 26.7 Å². The lowest BCUT2D eigenvalue weighted by molar-refractivity contribution is -0.137. The van der Waals surface area contributed by atoms with Gasteiger partial charge in [0.05, 0.1) is 29.4 Å². The monoisotopic (exact) mass is 499 g/mol. The molecule has 0 saturated carbocycles. The first-order valence-electron chi connectivity index (χ1n) is 11.3. The third kappa shape index (κ3) is 5.04. The third-order valence-electron chi connectivity index (χ3n) is 6.46. The number of benzene rings is 2. The zero-order chi connectivity index (χ0) is 24.5. The molecule has 186 valence electrons. The summed E-state index contributed by atoms with van der Waals surface area (Å²) in [7, 11) is -4.19. The van der Waals surface area contributed by atoms with E-state index in [1.54, 1.807) is 6.92 Å². The van der Waals surface area contributed by atoms with E-state index in [4.69, 9.17) is 9.47 Å². The van der Waals surface area contributed by atoms with Gasteiger partial charge in [-0.15, -0.1) is 0 Å². The fourth-order valence-electron chi connectivity index (χ4n) is 4.46. The van der Waals surface area contributed by atoms with E-state index in [-0.39, 0.29) is 10.6 Å². The van der Waals surface area contributed by atoms with Crippen LogP contribution in [0.15, 0.2) is 41.3 Å². The number of aliphatic hydroxyl groups excluding tert-OH is 1. The molecule has 2 heterocycles. The van der Waals surface area contributed by atoms with Gasteiger partial charge in [-0.3, -0.25) is 4.31 Å². The Morgan fingerprint density at radius 3 is 2.53 bits per heavy atom. The number of ether oxygens (including phenoxy) is 2. The highest BCUT2D eigenvalue weighted by Crippen LogP contribution is 2.40. The summed E-state index contributed by atoms with van der Waals surface area (Å²) < 4.78 is 79.5. The number of anilines is 1. The van der Waals surface area contributed by atoms with Crippen LogP contribution in [0.4, 0.5) is 18.9 Å². The molecule has 1 saturated heterocycles. The molecule has 2 aliphatic heterocycles. The van der Waals surface area contributed by atoms with Crippen LogP contribution in [0.2, 0.25) is 0 Å². The fraction of sp³-hybridized carbons (Fsp3) is 0.500. The van der Waals surface area contributed by atoms with Crippen molar-refractivity contribution >= 4 is 15.7 Å². The van der Waals surface area contributed by atoms with Crippen molar-refractivity contribution in [1.29, 1.82) is 0 Å². The van der Waals surface area contributed by atoms with Gasteiger partial charge < -0.3 is 14.6 Å². The van der Waals surface area contributed by atoms with Gasteiger partial charge in [0.25, 0.3) is 10.0 Å². The molecule has 0 radical (unpaired) electrons. The maximum Gasteiger partial charge on any atom is 0.416 e. The zero-order valence-corrected chi connectivity index (χ0v) is 19.7. The SMILES string of the molecule is CC1CCc2ccc(C(F)(F)F)cc2N1S(=O)(=O)c1ccc(OCC2CCOCC2)c(CO)c1. The Labute approximate surface area is 197 Å². The molecule has 1 fully saturated rings. The van der Waals surface area contributed by atoms with Gasteiger partial charge in [0, 0.05) is 24.8 Å². The highest BCUT2D eigenvalue weighted by molar-refractivity contribution is 7.92. The standard InChI is InChI=1S/C24H28F3NO5S/c1-16-2-3-18-4-5-20(24(25,26)27)13-22(18)28(16)34(30,31)21-6-7-23(19(12-21)14-29)33-15-17-8-10-32-11-9-17/h4-7,12-13,16-17,29H,2-3,8-11,14-15H2,1H3. The van der Waals surface area contributed by atoms with Crippen LogP contribution in [0.3, 0.4) is 0 Å². The van der Waals surface area contributed by atoms with E-state index in [1.165, 1.54) is 24.3 Å². The molecule has 1 unspecified atom stereocenters. The highest BCUT2D eigenvalue weighted by Gasteiger charge is 2.37. The lowest BCUT2D eigenvalue weighted by Gasteiger charge is -2.36. The molecule has 0 amide bonds. The largest absolute Gasteiger partial charge is 0.493 e. The molecule has 2 aliphatic rings. The number of sulfonamides is 1. The Morgan fingerprint density at radius 2 is 1.85 bits per heavy atom. The average Bonchev–Trinajstić information content (AvgIpc) is 2.82. The van der Waals surface area contributed by atoms with Gasteiger partial charge in [-0.25, -0.2) is 8.42 Å². The second-order valence-corrected chi connectivity index (χ2v) is 10.6. The molecule has 2 aromatic rings. The zero-order valence-electron chi connectivity index (χ0n) is 18.8. The van der Waals surface area contributed by atoms with Crippen molar-refractivity contribution in [3.05, 3.63) is 53.1 Å². The van der Waals surface area contributed by atoms with E-state index in [0.29, 0.717) is 55.5 Å². The highest BCUT2D eigenvalue weighted by atomic mass is 32.2. The van der Waals surface area contributed by atoms with E-state index in [1.807, 2.05) is 0 Å². The Balaban J connectivity index is 1.65. The van der Waals surface area contributed by atoms with Gasteiger partial charge in [0.1, 0.15) is 5.75 Å². The van der Waals surface area contributed by atoms with Crippen molar-refractivity contribution in [1.82, 2.24) is 0 Å². The molecule has 2 aromatic carbocycles. The van der Waals surface area contributed by atoms with Crippen LogP contribution in [0, 0.1) is 5.92 Å². The van der Waals surface area contributed by atoms with Gasteiger partial charge in [-0.05, 0) is 74.4 Å². The van der Waals surface area contributed by atoms with Gasteiger partial charge in [0.15, 0.2) is 0 Å². The van der Waals surface area contributed by atoms with Gasteiger partial charge in [-0.1, -0.05) is 6.07 Å². The fourth-order valence-corrected chi connectivity index (χ4v) is 6.22. The predicted molar refractivity (Wildman–Crippen MR) is 120 cm³/mol. The normalized spacial score (nSPS) is 19.7. The number of aryl methyl sites for hydroxylation is 1. The van der Waals surface area contributed by atoms with Crippen LogP contribution < -0.4 is 9.04 Å². The first-order chi connectivity index (χ1) is 16.1. The van der Waals surface area contributed by atoms with Crippen molar-refractivity contribution in [2.24, 2.45) is 5.92 Å². The minimum atomic E-state index is -4.58. The molecule has 1 N–H and O–H groups in total. The first-order valence-corrected chi connectivity index (χ1v) is 12.7. The maximum atomic E-state index is 13.6. The number of alkyl halides is 3. The number of fused-ring (bicyclic) bond motifs is 1. The summed E-state index contributed by atoms with van der Waals surface area (Å²) in [6.45, 7) is 3.02. The van der Waals surface area contributed by atoms with Gasteiger partial charge in [-0.2, -0.15) is 13.2 Å². The Morgan fingerprint density at radius 1 is 1.12 bits per heavy atom. The minimum Gasteiger partial charge on any atom is -0.493 e. The summed E-state index contributed by atoms with van der Waals surface area (Å²) in [6.07, 6.45) is -1.88. The minimum absolute atomic E-state index is 0.0407. The third-order valence-corrected chi connectivity index (χ3v) is 8.38. The lowest BCUT2D eigenvalue weighted by atomic mass is 9.97. The van der Waals surface area contributed by atoms with Crippen LogP contribution in [0.5, 0.6) is 5.75 Å². The number of hydrogen-bond donors (Lipinski definition) is 1. The summed E-state index contributed by atoms with van der Waals surface area (Å²) in [6, 6.07) is 6.92. The second-order valence-electron chi connectivity index (χ2n) is 8.82. The molecule has 0 aliphatic carbocycles. The summed E-state index contributed by atoms with van der Waals surface area (Å²) in [4.78, 5) is -0.105. The molecule has 34 heavy (non-hydrogen) atoms. The van der Waals surface area contributed by atoms with Gasteiger partial charge >= 0.3 is 6.18 Å². The molecule has 0 spiro atoms. The first kappa shape index (κ1) is 24.8. The lowest BCUT2D eigenvalue weighted by Crippen LogP contribution is -2.42. The molecule has 10 heteroatoms. The van der Waals surface area contributed by atoms with Crippen molar-refractivity contribution in [3.63, 3.8) is 0 Å². The van der Waals surface area contributed by atoms with Crippen LogP contribution in [-0.4, -0.2) is 39.4 Å². The predicted octanol–water partition coefficient (Wildman–Crippen LogP) is 4.53. The molecule has 0 bridgehead atoms. The number of aliphatic hydroxyl groups is 1. The van der Waals surface area contributed by atoms with Gasteiger partial charge in [0.2, 0.25) is 0 Å². The number of hydrogen-bond acceptors (Lipinski definition) is 5. The molecule has 4 rings (SSSR count). The summed E-state index contributed by atoms with van der Waals surface area (Å²) in [5, 5.41) is 9.86. The number of rotatable bonds is 6. The molecule has 0 aromatic heterocycles. The van der Waals surface area contributed by atoms with Crippen LogP contribution in [0.25, 0.3) is 0 Å². The second kappa shape index (κ2) is 9.75. The summed E-state index contributed by atoms with van der Waals surface area (Å²) >= 11 is 0. The Kier molecular flexibility index (Phi) is 7.12. The van der Waals surface area contributed by atoms with E-state index in [0.717, 1.165) is 29.3 Å². The van der Waals surface area contributed by atoms with Crippen molar-refractivity contribution in [3.8, 4) is 5.75 Å². The van der Waals surface area contributed by atoms with Crippen LogP contribution >= 0.6 is 0 Å². The maximum absolute atomic E-state index is 13.6. The molecule has 6 nitrogen and oxygen atoms in total. The van der Waals surface area contributed by atoms with E-state index in [2.05, 4.69) is 0 Å². The summed E-state index contributed by atoms with van der Waals surface area (Å²) in [5.41, 5.74) is 0.00274. The van der Waals surface area contributed by atoms with Crippen molar-refractivity contribution in [2.45, 2.75) is 56.3 Å². The average molecular weight is 500 g/mol. The van der Waals surface area contributed by atoms with Crippen LogP contribution in [-0.2, 0) is 34.0 Å². The Bertz CT molecular complexity index is 1130. The Hall–Kier alpha value is -2.30. The summed E-state index contributed by atoms with van der Waals surface area (Å²) in [5.74, 6) is 0.705. The number of nitrogens with zero attached hydrogens (tertiary/aromatic N) is 1. The van der Waals surface area contributed by atoms with Crippen LogP contribution in [0.1, 0.15) is 42.9 Å².